The Morgan fingerprint density at radius 3 is 2.81 bits per heavy atom. The molecule has 0 bridgehead atoms. The summed E-state index contributed by atoms with van der Waals surface area (Å²) in [6.07, 6.45) is 10.1. The van der Waals surface area contributed by atoms with E-state index in [4.69, 9.17) is 0 Å². The highest BCUT2D eigenvalue weighted by Gasteiger charge is 2.06. The smallest absolute Gasteiger partial charge is 0.150 e. The summed E-state index contributed by atoms with van der Waals surface area (Å²) >= 11 is 3.50. The van der Waals surface area contributed by atoms with Crippen LogP contribution in [0.3, 0.4) is 0 Å². The second-order valence-corrected chi connectivity index (χ2v) is 7.70. The van der Waals surface area contributed by atoms with Gasteiger partial charge < -0.3 is 5.32 Å². The Labute approximate surface area is 136 Å². The standard InChI is InChI=1S/C17H26N2S2/c1-4-5-6-7-8-9-13(2)18-14-10-11-15-16(12-14)21-17(19-15)20-3/h10-13,18H,4-9H2,1-3H3. The van der Waals surface area contributed by atoms with E-state index in [2.05, 4.69) is 48.6 Å². The van der Waals surface area contributed by atoms with Crippen molar-refractivity contribution in [2.75, 3.05) is 11.6 Å². The van der Waals surface area contributed by atoms with Crippen molar-refractivity contribution in [1.82, 2.24) is 4.98 Å². The lowest BCUT2D eigenvalue weighted by Crippen LogP contribution is -2.14. The molecule has 1 aromatic carbocycles. The fraction of sp³-hybridized carbons (Fsp3) is 0.588. The van der Waals surface area contributed by atoms with Crippen molar-refractivity contribution < 1.29 is 0 Å². The molecule has 1 heterocycles. The number of thioether (sulfide) groups is 1. The molecule has 1 aromatic heterocycles. The summed E-state index contributed by atoms with van der Waals surface area (Å²) in [5.41, 5.74) is 2.34. The maximum Gasteiger partial charge on any atom is 0.150 e. The number of unbranched alkanes of at least 4 members (excludes halogenated alkanes) is 4. The maximum absolute atomic E-state index is 4.58. The summed E-state index contributed by atoms with van der Waals surface area (Å²) in [5, 5.41) is 3.62. The average molecular weight is 323 g/mol. The highest BCUT2D eigenvalue weighted by atomic mass is 32.2. The van der Waals surface area contributed by atoms with E-state index in [1.807, 2.05) is 0 Å². The van der Waals surface area contributed by atoms with E-state index in [1.54, 1.807) is 23.1 Å². The van der Waals surface area contributed by atoms with Crippen LogP contribution in [0.25, 0.3) is 10.2 Å². The SMILES string of the molecule is CCCCCCCC(C)Nc1ccc2nc(SC)sc2c1. The van der Waals surface area contributed by atoms with Crippen molar-refractivity contribution in [3.63, 3.8) is 0 Å². The largest absolute Gasteiger partial charge is 0.383 e. The lowest BCUT2D eigenvalue weighted by Gasteiger charge is -2.15. The van der Waals surface area contributed by atoms with E-state index in [0.29, 0.717) is 6.04 Å². The Hall–Kier alpha value is -0.740. The number of nitrogens with zero attached hydrogens (tertiary/aromatic N) is 1. The predicted octanol–water partition coefficient (Wildman–Crippen LogP) is 6.18. The van der Waals surface area contributed by atoms with Crippen LogP contribution in [0.2, 0.25) is 0 Å². The summed E-state index contributed by atoms with van der Waals surface area (Å²) in [6.45, 7) is 4.55. The molecule has 0 aliphatic rings. The van der Waals surface area contributed by atoms with Crippen LogP contribution in [-0.4, -0.2) is 17.3 Å². The molecular formula is C17H26N2S2. The van der Waals surface area contributed by atoms with E-state index in [0.717, 1.165) is 9.86 Å². The Morgan fingerprint density at radius 2 is 2.05 bits per heavy atom. The number of fused-ring (bicyclic) bond motifs is 1. The molecule has 4 heteroatoms. The highest BCUT2D eigenvalue weighted by Crippen LogP contribution is 2.30. The van der Waals surface area contributed by atoms with Crippen LogP contribution in [0.15, 0.2) is 22.5 Å². The molecule has 116 valence electrons. The summed E-state index contributed by atoms with van der Waals surface area (Å²) in [5.74, 6) is 0. The van der Waals surface area contributed by atoms with E-state index in [-0.39, 0.29) is 0 Å². The molecule has 1 atom stereocenters. The van der Waals surface area contributed by atoms with Crippen molar-refractivity contribution in [2.24, 2.45) is 0 Å². The van der Waals surface area contributed by atoms with Crippen LogP contribution in [-0.2, 0) is 0 Å². The Bertz CT molecular complexity index is 551. The molecule has 21 heavy (non-hydrogen) atoms. The third-order valence-corrected chi connectivity index (χ3v) is 5.70. The van der Waals surface area contributed by atoms with Gasteiger partial charge in [0.25, 0.3) is 0 Å². The number of benzene rings is 1. The minimum atomic E-state index is 0.539. The van der Waals surface area contributed by atoms with Gasteiger partial charge >= 0.3 is 0 Å². The molecule has 0 radical (unpaired) electrons. The van der Waals surface area contributed by atoms with Gasteiger partial charge in [0.15, 0.2) is 4.34 Å². The molecule has 1 N–H and O–H groups in total. The minimum absolute atomic E-state index is 0.539. The number of hydrogen-bond donors (Lipinski definition) is 1. The van der Waals surface area contributed by atoms with Crippen molar-refractivity contribution in [3.8, 4) is 0 Å². The zero-order valence-corrected chi connectivity index (χ0v) is 14.9. The van der Waals surface area contributed by atoms with Gasteiger partial charge in [0.05, 0.1) is 10.2 Å². The van der Waals surface area contributed by atoms with Crippen LogP contribution >= 0.6 is 23.1 Å². The molecular weight excluding hydrogens is 296 g/mol. The van der Waals surface area contributed by atoms with E-state index in [1.165, 1.54) is 48.9 Å². The summed E-state index contributed by atoms with van der Waals surface area (Å²) < 4.78 is 2.42. The van der Waals surface area contributed by atoms with Gasteiger partial charge in [0.2, 0.25) is 0 Å². The van der Waals surface area contributed by atoms with Crippen LogP contribution in [0.4, 0.5) is 5.69 Å². The predicted molar refractivity (Wildman–Crippen MR) is 97.9 cm³/mol. The van der Waals surface area contributed by atoms with Gasteiger partial charge in [-0.05, 0) is 37.8 Å². The normalized spacial score (nSPS) is 12.7. The first-order valence-electron chi connectivity index (χ1n) is 7.94. The first kappa shape index (κ1) is 16.6. The van der Waals surface area contributed by atoms with Crippen LogP contribution < -0.4 is 5.32 Å². The Balaban J connectivity index is 1.84. The molecule has 0 spiro atoms. The average Bonchev–Trinajstić information content (AvgIpc) is 2.89. The fourth-order valence-corrected chi connectivity index (χ4v) is 4.02. The first-order valence-corrected chi connectivity index (χ1v) is 9.98. The van der Waals surface area contributed by atoms with Gasteiger partial charge in [-0.25, -0.2) is 4.98 Å². The van der Waals surface area contributed by atoms with Crippen LogP contribution in [0.5, 0.6) is 0 Å². The zero-order valence-electron chi connectivity index (χ0n) is 13.3. The van der Waals surface area contributed by atoms with Gasteiger partial charge in [0.1, 0.15) is 0 Å². The third-order valence-electron chi connectivity index (χ3n) is 3.70. The minimum Gasteiger partial charge on any atom is -0.383 e. The summed E-state index contributed by atoms with van der Waals surface area (Å²) in [4.78, 5) is 4.58. The fourth-order valence-electron chi connectivity index (χ4n) is 2.49. The molecule has 0 aliphatic heterocycles. The number of hydrogen-bond acceptors (Lipinski definition) is 4. The quantitative estimate of drug-likeness (QED) is 0.441. The van der Waals surface area contributed by atoms with Crippen molar-refractivity contribution >= 4 is 39.0 Å². The molecule has 0 fully saturated rings. The van der Waals surface area contributed by atoms with Gasteiger partial charge in [0, 0.05) is 11.7 Å². The number of thiazole rings is 1. The molecule has 0 amide bonds. The Kier molecular flexibility index (Phi) is 6.84. The van der Waals surface area contributed by atoms with Gasteiger partial charge in [-0.2, -0.15) is 0 Å². The first-order chi connectivity index (χ1) is 10.2. The topological polar surface area (TPSA) is 24.9 Å². The zero-order chi connectivity index (χ0) is 15.1. The maximum atomic E-state index is 4.58. The van der Waals surface area contributed by atoms with Gasteiger partial charge in [-0.3, -0.25) is 0 Å². The molecule has 2 aromatic rings. The monoisotopic (exact) mass is 322 g/mol. The summed E-state index contributed by atoms with van der Waals surface area (Å²) in [7, 11) is 0. The third kappa shape index (κ3) is 5.19. The highest BCUT2D eigenvalue weighted by molar-refractivity contribution is 8.00. The van der Waals surface area contributed by atoms with Crippen LogP contribution in [0.1, 0.15) is 52.4 Å². The lowest BCUT2D eigenvalue weighted by molar-refractivity contribution is 0.578. The Morgan fingerprint density at radius 1 is 1.24 bits per heavy atom. The number of rotatable bonds is 9. The summed E-state index contributed by atoms with van der Waals surface area (Å²) in [6, 6.07) is 7.05. The van der Waals surface area contributed by atoms with Crippen molar-refractivity contribution in [1.29, 1.82) is 0 Å². The molecule has 2 rings (SSSR count). The molecule has 0 saturated heterocycles. The van der Waals surface area contributed by atoms with E-state index < -0.39 is 0 Å². The second kappa shape index (κ2) is 8.64. The van der Waals surface area contributed by atoms with Gasteiger partial charge in [-0.1, -0.05) is 50.8 Å². The molecule has 0 aliphatic carbocycles. The number of aromatic nitrogens is 1. The number of nitrogens with one attached hydrogen (secondary N) is 1. The van der Waals surface area contributed by atoms with E-state index in [9.17, 15) is 0 Å². The molecule has 1 unspecified atom stereocenters. The molecule has 2 nitrogen and oxygen atoms in total. The van der Waals surface area contributed by atoms with Crippen molar-refractivity contribution in [2.45, 2.75) is 62.8 Å². The van der Waals surface area contributed by atoms with E-state index >= 15 is 0 Å². The lowest BCUT2D eigenvalue weighted by atomic mass is 10.1. The van der Waals surface area contributed by atoms with Crippen LogP contribution in [0, 0.1) is 0 Å². The van der Waals surface area contributed by atoms with Gasteiger partial charge in [-0.15, -0.1) is 11.3 Å². The van der Waals surface area contributed by atoms with Crippen molar-refractivity contribution in [3.05, 3.63) is 18.2 Å². The number of anilines is 1. The second-order valence-electron chi connectivity index (χ2n) is 5.61. The molecule has 0 saturated carbocycles.